The number of anilines is 1. The molecule has 1 amide bonds. The first-order valence-corrected chi connectivity index (χ1v) is 8.61. The van der Waals surface area contributed by atoms with Crippen molar-refractivity contribution in [2.24, 2.45) is 5.92 Å². The maximum Gasteiger partial charge on any atom is 0.306 e. The number of rotatable bonds is 5. The Labute approximate surface area is 150 Å². The third kappa shape index (κ3) is 3.77. The van der Waals surface area contributed by atoms with Gasteiger partial charge in [0.15, 0.2) is 0 Å². The van der Waals surface area contributed by atoms with E-state index in [1.54, 1.807) is 11.0 Å². The number of carboxylic acids is 1. The van der Waals surface area contributed by atoms with Gasteiger partial charge in [0.25, 0.3) is 11.6 Å². The lowest BCUT2D eigenvalue weighted by atomic mass is 10.1. The zero-order valence-corrected chi connectivity index (χ0v) is 14.2. The monoisotopic (exact) mass is 363 g/mol. The van der Waals surface area contributed by atoms with E-state index in [0.29, 0.717) is 51.3 Å². The van der Waals surface area contributed by atoms with Gasteiger partial charge in [-0.2, -0.15) is 0 Å². The molecule has 0 aromatic heterocycles. The lowest BCUT2D eigenvalue weighted by molar-refractivity contribution is -0.384. The maximum atomic E-state index is 12.8. The van der Waals surface area contributed by atoms with E-state index < -0.39 is 22.7 Å². The van der Waals surface area contributed by atoms with Crippen LogP contribution in [0.3, 0.4) is 0 Å². The summed E-state index contributed by atoms with van der Waals surface area (Å²) in [5.74, 6) is -1.72. The summed E-state index contributed by atoms with van der Waals surface area (Å²) in [6.07, 6.45) is 1.49. The van der Waals surface area contributed by atoms with Gasteiger partial charge in [-0.3, -0.25) is 19.7 Å². The zero-order chi connectivity index (χ0) is 18.7. The summed E-state index contributed by atoms with van der Waals surface area (Å²) in [6.45, 7) is 1.82. The van der Waals surface area contributed by atoms with Gasteiger partial charge in [-0.05, 0) is 25.3 Å². The lowest BCUT2D eigenvalue weighted by Crippen LogP contribution is -2.39. The third-order valence-electron chi connectivity index (χ3n) is 4.90. The molecule has 0 radical (unpaired) electrons. The predicted octanol–water partition coefficient (Wildman–Crippen LogP) is 1.41. The Balaban J connectivity index is 1.84. The molecule has 0 spiro atoms. The summed E-state index contributed by atoms with van der Waals surface area (Å²) in [4.78, 5) is 36.6. The fraction of sp³-hybridized carbons (Fsp3) is 0.529. The number of hydrogen-bond donors (Lipinski definition) is 2. The Morgan fingerprint density at radius 3 is 2.62 bits per heavy atom. The molecule has 1 saturated carbocycles. The van der Waals surface area contributed by atoms with E-state index in [4.69, 9.17) is 9.84 Å². The number of carbonyl (C=O) groups is 2. The molecule has 1 aromatic rings. The number of nitrogens with zero attached hydrogens (tertiary/aromatic N) is 2. The number of nitro benzene ring substituents is 1. The average Bonchev–Trinajstić information content (AvgIpc) is 3.10. The highest BCUT2D eigenvalue weighted by Gasteiger charge is 2.33. The largest absolute Gasteiger partial charge is 0.481 e. The number of nitro groups is 1. The molecule has 1 aliphatic carbocycles. The van der Waals surface area contributed by atoms with Gasteiger partial charge in [0.1, 0.15) is 5.69 Å². The summed E-state index contributed by atoms with van der Waals surface area (Å²) >= 11 is 0. The number of carbonyl (C=O) groups excluding carboxylic acids is 1. The van der Waals surface area contributed by atoms with E-state index >= 15 is 0 Å². The minimum atomic E-state index is -0.855. The topological polar surface area (TPSA) is 122 Å². The fourth-order valence-corrected chi connectivity index (χ4v) is 3.58. The summed E-state index contributed by atoms with van der Waals surface area (Å²) < 4.78 is 5.30. The Hall–Kier alpha value is -2.68. The molecule has 26 heavy (non-hydrogen) atoms. The standard InChI is InChI=1S/C17H21N3O6/c21-16(18-12-5-4-11(10-12)17(22)23)13-2-1-3-14(20(24)25)15(13)19-6-8-26-9-7-19/h1-3,11-12H,4-10H2,(H,18,21)(H,22,23)/t11-,12+/m1/s1. The number of para-hydroxylation sites is 1. The predicted molar refractivity (Wildman–Crippen MR) is 92.4 cm³/mol. The highest BCUT2D eigenvalue weighted by atomic mass is 16.6. The molecule has 1 aromatic carbocycles. The van der Waals surface area contributed by atoms with E-state index in [1.165, 1.54) is 12.1 Å². The van der Waals surface area contributed by atoms with E-state index in [1.807, 2.05) is 0 Å². The number of aliphatic carboxylic acids is 1. The molecule has 2 fully saturated rings. The van der Waals surface area contributed by atoms with Crippen molar-refractivity contribution >= 4 is 23.3 Å². The first kappa shape index (κ1) is 18.1. The molecule has 140 valence electrons. The molecule has 3 rings (SSSR count). The van der Waals surface area contributed by atoms with Crippen LogP contribution in [0.2, 0.25) is 0 Å². The van der Waals surface area contributed by atoms with Crippen LogP contribution in [-0.4, -0.2) is 54.3 Å². The van der Waals surface area contributed by atoms with Crippen LogP contribution in [0.4, 0.5) is 11.4 Å². The Bertz CT molecular complexity index is 716. The number of carboxylic acid groups (broad SMARTS) is 1. The smallest absolute Gasteiger partial charge is 0.306 e. The first-order valence-electron chi connectivity index (χ1n) is 8.61. The number of morpholine rings is 1. The summed E-state index contributed by atoms with van der Waals surface area (Å²) in [6, 6.07) is 4.21. The molecule has 0 unspecified atom stereocenters. The molecule has 0 bridgehead atoms. The number of amides is 1. The van der Waals surface area contributed by atoms with Crippen LogP contribution in [0, 0.1) is 16.0 Å². The minimum Gasteiger partial charge on any atom is -0.481 e. The number of hydrogen-bond acceptors (Lipinski definition) is 6. The molecule has 2 N–H and O–H groups in total. The molecule has 1 saturated heterocycles. The lowest BCUT2D eigenvalue weighted by Gasteiger charge is -2.30. The van der Waals surface area contributed by atoms with E-state index in [-0.39, 0.29) is 17.3 Å². The number of benzene rings is 1. The van der Waals surface area contributed by atoms with E-state index in [9.17, 15) is 19.7 Å². The van der Waals surface area contributed by atoms with Gasteiger partial charge in [-0.1, -0.05) is 6.07 Å². The summed E-state index contributed by atoms with van der Waals surface area (Å²) in [5, 5.41) is 23.4. The van der Waals surface area contributed by atoms with Gasteiger partial charge in [0.05, 0.1) is 29.6 Å². The van der Waals surface area contributed by atoms with Crippen LogP contribution in [-0.2, 0) is 9.53 Å². The molecule has 1 aliphatic heterocycles. The molecule has 2 aliphatic rings. The molecule has 9 nitrogen and oxygen atoms in total. The second-order valence-corrected chi connectivity index (χ2v) is 6.55. The molecular weight excluding hydrogens is 342 g/mol. The van der Waals surface area contributed by atoms with Gasteiger partial charge in [0.2, 0.25) is 0 Å². The van der Waals surface area contributed by atoms with Crippen LogP contribution >= 0.6 is 0 Å². The number of nitrogens with one attached hydrogen (secondary N) is 1. The van der Waals surface area contributed by atoms with Crippen LogP contribution < -0.4 is 10.2 Å². The van der Waals surface area contributed by atoms with E-state index in [2.05, 4.69) is 5.32 Å². The van der Waals surface area contributed by atoms with E-state index in [0.717, 1.165) is 0 Å². The quantitative estimate of drug-likeness (QED) is 0.599. The van der Waals surface area contributed by atoms with Crippen molar-refractivity contribution < 1.29 is 24.4 Å². The Morgan fingerprint density at radius 1 is 1.27 bits per heavy atom. The summed E-state index contributed by atoms with van der Waals surface area (Å²) in [7, 11) is 0. The van der Waals surface area contributed by atoms with Gasteiger partial charge in [-0.15, -0.1) is 0 Å². The third-order valence-corrected chi connectivity index (χ3v) is 4.90. The highest BCUT2D eigenvalue weighted by molar-refractivity contribution is 6.02. The molecular formula is C17H21N3O6. The van der Waals surface area contributed by atoms with Crippen LogP contribution in [0.5, 0.6) is 0 Å². The number of ether oxygens (including phenoxy) is 1. The highest BCUT2D eigenvalue weighted by Crippen LogP contribution is 2.33. The van der Waals surface area contributed by atoms with Crippen molar-refractivity contribution in [3.8, 4) is 0 Å². The summed E-state index contributed by atoms with van der Waals surface area (Å²) in [5.41, 5.74) is 0.417. The Morgan fingerprint density at radius 2 is 2.00 bits per heavy atom. The van der Waals surface area contributed by atoms with Crippen molar-refractivity contribution in [2.45, 2.75) is 25.3 Å². The zero-order valence-electron chi connectivity index (χ0n) is 14.2. The molecule has 2 atom stereocenters. The fourth-order valence-electron chi connectivity index (χ4n) is 3.58. The van der Waals surface area contributed by atoms with Crippen molar-refractivity contribution in [3.63, 3.8) is 0 Å². The normalized spacial score (nSPS) is 22.8. The SMILES string of the molecule is O=C(N[C@H]1CC[C@@H](C(=O)O)C1)c1cccc([N+](=O)[O-])c1N1CCOCC1. The average molecular weight is 363 g/mol. The van der Waals surface area contributed by atoms with Crippen molar-refractivity contribution in [2.75, 3.05) is 31.2 Å². The minimum absolute atomic E-state index is 0.116. The second-order valence-electron chi connectivity index (χ2n) is 6.55. The van der Waals surface area contributed by atoms with Gasteiger partial charge >= 0.3 is 5.97 Å². The van der Waals surface area contributed by atoms with Crippen LogP contribution in [0.15, 0.2) is 18.2 Å². The van der Waals surface area contributed by atoms with Gasteiger partial charge < -0.3 is 20.1 Å². The van der Waals surface area contributed by atoms with Gasteiger partial charge in [-0.25, -0.2) is 0 Å². The van der Waals surface area contributed by atoms with Crippen molar-refractivity contribution in [3.05, 3.63) is 33.9 Å². The molecule has 9 heteroatoms. The second kappa shape index (κ2) is 7.69. The van der Waals surface area contributed by atoms with Crippen molar-refractivity contribution in [1.82, 2.24) is 5.32 Å². The van der Waals surface area contributed by atoms with Crippen molar-refractivity contribution in [1.29, 1.82) is 0 Å². The Kier molecular flexibility index (Phi) is 5.36. The molecule has 1 heterocycles. The first-order chi connectivity index (χ1) is 12.5. The van der Waals surface area contributed by atoms with Crippen LogP contribution in [0.25, 0.3) is 0 Å². The van der Waals surface area contributed by atoms with Gasteiger partial charge in [0, 0.05) is 25.2 Å². The van der Waals surface area contributed by atoms with Crippen LogP contribution in [0.1, 0.15) is 29.6 Å². The maximum absolute atomic E-state index is 12.8.